The number of ether oxygens (including phenoxy) is 1. The third-order valence-corrected chi connectivity index (χ3v) is 7.52. The summed E-state index contributed by atoms with van der Waals surface area (Å²) in [5.41, 5.74) is 15.8. The van der Waals surface area contributed by atoms with Crippen LogP contribution in [0.5, 0.6) is 5.75 Å². The first-order valence-corrected chi connectivity index (χ1v) is 13.4. The van der Waals surface area contributed by atoms with E-state index in [0.717, 1.165) is 34.6 Å². The highest BCUT2D eigenvalue weighted by Gasteiger charge is 2.36. The lowest BCUT2D eigenvalue weighted by Crippen LogP contribution is -2.41. The fourth-order valence-electron chi connectivity index (χ4n) is 4.42. The molecule has 3 amide bonds. The van der Waals surface area contributed by atoms with Crippen molar-refractivity contribution in [2.75, 3.05) is 23.1 Å². The molecule has 0 radical (unpaired) electrons. The Bertz CT molecular complexity index is 1530. The Morgan fingerprint density at radius 2 is 1.62 bits per heavy atom. The van der Waals surface area contributed by atoms with Gasteiger partial charge in [0, 0.05) is 11.4 Å². The molecule has 0 aliphatic heterocycles. The normalized spacial score (nSPS) is 11.5. The van der Waals surface area contributed by atoms with E-state index in [1.807, 2.05) is 51.1 Å². The highest BCUT2D eigenvalue weighted by Crippen LogP contribution is 2.35. The third kappa shape index (κ3) is 5.67. The van der Waals surface area contributed by atoms with E-state index in [1.165, 1.54) is 4.90 Å². The minimum Gasteiger partial charge on any atom is -0.497 e. The average molecular weight is 558 g/mol. The Morgan fingerprint density at radius 3 is 2.15 bits per heavy atom. The van der Waals surface area contributed by atoms with Gasteiger partial charge in [0.2, 0.25) is 0 Å². The number of aromatic nitrogens is 1. The van der Waals surface area contributed by atoms with Gasteiger partial charge in [-0.2, -0.15) is 4.37 Å². The topological polar surface area (TPSA) is 141 Å². The van der Waals surface area contributed by atoms with Gasteiger partial charge in [0.1, 0.15) is 16.7 Å². The number of nitrogens with one attached hydrogen (secondary N) is 1. The van der Waals surface area contributed by atoms with Crippen LogP contribution in [0.3, 0.4) is 0 Å². The first-order valence-electron chi connectivity index (χ1n) is 12.6. The van der Waals surface area contributed by atoms with Crippen LogP contribution >= 0.6 is 11.5 Å². The number of carbonyl (C=O) groups excluding carboxylic acids is 3. The lowest BCUT2D eigenvalue weighted by Gasteiger charge is -2.32. The summed E-state index contributed by atoms with van der Waals surface area (Å²) < 4.78 is 9.32. The Hall–Kier alpha value is -4.70. The van der Waals surface area contributed by atoms with E-state index in [0.29, 0.717) is 22.7 Å². The molecule has 1 atom stereocenters. The first kappa shape index (κ1) is 28.3. The molecule has 4 rings (SSSR count). The van der Waals surface area contributed by atoms with Crippen molar-refractivity contribution in [1.29, 1.82) is 0 Å². The summed E-state index contributed by atoms with van der Waals surface area (Å²) in [4.78, 5) is 41.7. The predicted molar refractivity (Wildman–Crippen MR) is 158 cm³/mol. The van der Waals surface area contributed by atoms with Gasteiger partial charge in [0.05, 0.1) is 12.8 Å². The Balaban J connectivity index is 1.91. The number of primary amides is 1. The second-order valence-electron chi connectivity index (χ2n) is 9.27. The third-order valence-electron chi connectivity index (χ3n) is 6.66. The minimum atomic E-state index is -1.12. The molecule has 9 nitrogen and oxygen atoms in total. The molecule has 40 heavy (non-hydrogen) atoms. The van der Waals surface area contributed by atoms with Crippen molar-refractivity contribution >= 4 is 46.3 Å². The molecule has 0 aliphatic carbocycles. The fraction of sp³-hybridized carbons (Fsp3) is 0.200. The molecule has 10 heteroatoms. The number of nitrogen functional groups attached to an aromatic ring is 1. The highest BCUT2D eigenvalue weighted by atomic mass is 32.1. The molecular weight excluding hydrogens is 526 g/mol. The summed E-state index contributed by atoms with van der Waals surface area (Å²) in [6, 6.07) is 18.9. The molecule has 5 N–H and O–H groups in total. The number of benzene rings is 3. The first-order chi connectivity index (χ1) is 19.2. The zero-order valence-electron chi connectivity index (χ0n) is 22.7. The zero-order valence-corrected chi connectivity index (χ0v) is 23.5. The largest absolute Gasteiger partial charge is 0.497 e. The van der Waals surface area contributed by atoms with E-state index < -0.39 is 23.8 Å². The average Bonchev–Trinajstić information content (AvgIpc) is 3.35. The molecule has 0 saturated heterocycles. The lowest BCUT2D eigenvalue weighted by molar-refractivity contribution is -0.117. The molecule has 0 aliphatic rings. The van der Waals surface area contributed by atoms with Gasteiger partial charge >= 0.3 is 0 Å². The highest BCUT2D eigenvalue weighted by molar-refractivity contribution is 7.09. The Labute approximate surface area is 236 Å². The molecule has 0 bridgehead atoms. The van der Waals surface area contributed by atoms with Gasteiger partial charge in [0.15, 0.2) is 5.69 Å². The molecule has 3 aromatic carbocycles. The fourth-order valence-corrected chi connectivity index (χ4v) is 5.16. The van der Waals surface area contributed by atoms with Crippen molar-refractivity contribution in [2.24, 2.45) is 5.73 Å². The predicted octanol–water partition coefficient (Wildman–Crippen LogP) is 5.04. The maximum Gasteiger partial charge on any atom is 0.273 e. The summed E-state index contributed by atoms with van der Waals surface area (Å²) in [5.74, 6) is -1.27. The number of aryl methyl sites for hydroxylation is 3. The summed E-state index contributed by atoms with van der Waals surface area (Å²) in [5, 5.41) is 3.04. The van der Waals surface area contributed by atoms with Crippen molar-refractivity contribution in [1.82, 2.24) is 4.37 Å². The van der Waals surface area contributed by atoms with Gasteiger partial charge in [-0.25, -0.2) is 0 Å². The number of amides is 3. The van der Waals surface area contributed by atoms with E-state index in [9.17, 15) is 14.4 Å². The molecule has 4 aromatic rings. The van der Waals surface area contributed by atoms with Crippen LogP contribution in [0.4, 0.5) is 17.1 Å². The van der Waals surface area contributed by atoms with Crippen LogP contribution in [0.2, 0.25) is 0 Å². The van der Waals surface area contributed by atoms with E-state index in [-0.39, 0.29) is 16.3 Å². The molecule has 0 unspecified atom stereocenters. The van der Waals surface area contributed by atoms with E-state index in [4.69, 9.17) is 16.2 Å². The van der Waals surface area contributed by atoms with Crippen molar-refractivity contribution in [3.8, 4) is 5.75 Å². The monoisotopic (exact) mass is 557 g/mol. The van der Waals surface area contributed by atoms with Crippen LogP contribution in [0.25, 0.3) is 0 Å². The van der Waals surface area contributed by atoms with Crippen LogP contribution in [0.1, 0.15) is 55.4 Å². The van der Waals surface area contributed by atoms with Crippen LogP contribution in [-0.4, -0.2) is 29.2 Å². The van der Waals surface area contributed by atoms with Crippen LogP contribution in [0, 0.1) is 13.8 Å². The quantitative estimate of drug-likeness (QED) is 0.263. The molecule has 1 aromatic heterocycles. The number of rotatable bonds is 9. The molecule has 206 valence electrons. The molecule has 0 saturated carbocycles. The SMILES string of the molecule is CCc1ccc(N(C(=O)c2snc(C(N)=O)c2N)[C@H](C(=O)Nc2c(C)cccc2C)c2ccc(OC)cc2)cc1. The summed E-state index contributed by atoms with van der Waals surface area (Å²) in [6.07, 6.45) is 0.799. The number of carbonyl (C=O) groups is 3. The van der Waals surface area contributed by atoms with Gasteiger partial charge in [-0.3, -0.25) is 19.3 Å². The van der Waals surface area contributed by atoms with Crippen molar-refractivity contribution in [3.05, 3.63) is 99.6 Å². The van der Waals surface area contributed by atoms with Gasteiger partial charge < -0.3 is 21.5 Å². The summed E-state index contributed by atoms with van der Waals surface area (Å²) in [7, 11) is 1.55. The van der Waals surface area contributed by atoms with E-state index in [1.54, 1.807) is 43.5 Å². The molecule has 1 heterocycles. The Morgan fingerprint density at radius 1 is 1.00 bits per heavy atom. The number of para-hydroxylation sites is 1. The van der Waals surface area contributed by atoms with Gasteiger partial charge in [0.25, 0.3) is 17.7 Å². The van der Waals surface area contributed by atoms with Crippen molar-refractivity contribution < 1.29 is 19.1 Å². The standard InChI is InChI=1S/C30H31N5O4S/c1-5-19-9-13-21(14-10-19)35(30(38)27-23(31)25(28(32)36)34-40-27)26(20-11-15-22(39-4)16-12-20)29(37)33-24-17(2)7-6-8-18(24)3/h6-16,26H,5,31H2,1-4H3,(H2,32,36)(H,33,37)/t26-/m0/s1. The Kier molecular flexibility index (Phi) is 8.49. The molecule has 0 spiro atoms. The lowest BCUT2D eigenvalue weighted by atomic mass is 10.0. The number of nitrogens with two attached hydrogens (primary N) is 2. The van der Waals surface area contributed by atoms with Crippen LogP contribution in [0.15, 0.2) is 66.7 Å². The zero-order chi connectivity index (χ0) is 29.0. The smallest absolute Gasteiger partial charge is 0.273 e. The van der Waals surface area contributed by atoms with E-state index in [2.05, 4.69) is 9.69 Å². The minimum absolute atomic E-state index is 0.00625. The van der Waals surface area contributed by atoms with Crippen molar-refractivity contribution in [2.45, 2.75) is 33.2 Å². The van der Waals surface area contributed by atoms with Gasteiger partial charge in [-0.05, 0) is 78.3 Å². The number of anilines is 3. The van der Waals surface area contributed by atoms with Crippen LogP contribution < -0.4 is 26.4 Å². The second kappa shape index (κ2) is 12.0. The molecular formula is C30H31N5O4S. The maximum atomic E-state index is 14.2. The maximum absolute atomic E-state index is 14.2. The van der Waals surface area contributed by atoms with Crippen molar-refractivity contribution in [3.63, 3.8) is 0 Å². The van der Waals surface area contributed by atoms with Gasteiger partial charge in [-0.1, -0.05) is 49.4 Å². The second-order valence-corrected chi connectivity index (χ2v) is 10.0. The number of methoxy groups -OCH3 is 1. The number of hydrogen-bond donors (Lipinski definition) is 3. The molecule has 0 fully saturated rings. The van der Waals surface area contributed by atoms with Crippen LogP contribution in [-0.2, 0) is 11.2 Å². The van der Waals surface area contributed by atoms with Gasteiger partial charge in [-0.15, -0.1) is 0 Å². The summed E-state index contributed by atoms with van der Waals surface area (Å²) >= 11 is 0.764. The summed E-state index contributed by atoms with van der Waals surface area (Å²) in [6.45, 7) is 5.83. The van der Waals surface area contributed by atoms with E-state index >= 15 is 0 Å². The number of nitrogens with zero attached hydrogens (tertiary/aromatic N) is 2. The number of hydrogen-bond acceptors (Lipinski definition) is 7.